The third-order valence-corrected chi connectivity index (χ3v) is 3.28. The predicted octanol–water partition coefficient (Wildman–Crippen LogP) is 1.57. The molecule has 2 aromatic rings. The number of nitrogens with one attached hydrogen (secondary N) is 2. The third-order valence-electron chi connectivity index (χ3n) is 3.28. The highest BCUT2D eigenvalue weighted by atomic mass is 16.5. The summed E-state index contributed by atoms with van der Waals surface area (Å²) in [5.41, 5.74) is 3.21. The average molecular weight is 345 g/mol. The Morgan fingerprint density at radius 3 is 2.56 bits per heavy atom. The van der Waals surface area contributed by atoms with Crippen LogP contribution >= 0.6 is 0 Å². The van der Waals surface area contributed by atoms with Crippen molar-refractivity contribution in [3.63, 3.8) is 0 Å². The van der Waals surface area contributed by atoms with Crippen LogP contribution in [0, 0.1) is 0 Å². The highest BCUT2D eigenvalue weighted by Gasteiger charge is 2.12. The van der Waals surface area contributed by atoms with E-state index in [4.69, 9.17) is 13.9 Å². The predicted molar refractivity (Wildman–Crippen MR) is 90.9 cm³/mol. The van der Waals surface area contributed by atoms with Gasteiger partial charge in [0.15, 0.2) is 11.5 Å². The molecule has 132 valence electrons. The summed E-state index contributed by atoms with van der Waals surface area (Å²) in [5.74, 6) is 0.620. The summed E-state index contributed by atoms with van der Waals surface area (Å²) in [7, 11) is 2.99. The van der Waals surface area contributed by atoms with Gasteiger partial charge in [-0.15, -0.1) is 0 Å². The molecule has 0 fully saturated rings. The third kappa shape index (κ3) is 4.84. The van der Waals surface area contributed by atoms with E-state index in [1.165, 1.54) is 26.5 Å². The van der Waals surface area contributed by atoms with Gasteiger partial charge in [0.05, 0.1) is 27.0 Å². The number of ether oxygens (including phenoxy) is 2. The molecule has 25 heavy (non-hydrogen) atoms. The molecular weight excluding hydrogens is 326 g/mol. The molecule has 0 aliphatic carbocycles. The molecule has 2 amide bonds. The minimum Gasteiger partial charge on any atom is -0.493 e. The number of carbonyl (C=O) groups excluding carboxylic acids is 2. The minimum atomic E-state index is -0.459. The second kappa shape index (κ2) is 8.53. The number of benzene rings is 1. The molecule has 1 aromatic carbocycles. The van der Waals surface area contributed by atoms with Gasteiger partial charge in [0.2, 0.25) is 0 Å². The van der Waals surface area contributed by atoms with Gasteiger partial charge in [-0.2, -0.15) is 5.10 Å². The summed E-state index contributed by atoms with van der Waals surface area (Å²) in [5, 5.41) is 6.41. The molecule has 0 bridgehead atoms. The highest BCUT2D eigenvalue weighted by molar-refractivity contribution is 5.98. The van der Waals surface area contributed by atoms with E-state index in [1.54, 1.807) is 31.2 Å². The van der Waals surface area contributed by atoms with E-state index in [0.29, 0.717) is 28.5 Å². The van der Waals surface area contributed by atoms with Crippen molar-refractivity contribution >= 4 is 17.5 Å². The zero-order valence-corrected chi connectivity index (χ0v) is 14.2. The van der Waals surface area contributed by atoms with E-state index in [9.17, 15) is 9.59 Å². The molecule has 0 aliphatic heterocycles. The van der Waals surface area contributed by atoms with Crippen LogP contribution in [-0.4, -0.2) is 38.3 Å². The van der Waals surface area contributed by atoms with Crippen LogP contribution in [0.4, 0.5) is 0 Å². The maximum absolute atomic E-state index is 12.1. The van der Waals surface area contributed by atoms with Crippen molar-refractivity contribution in [3.05, 3.63) is 47.9 Å². The Hall–Kier alpha value is -3.29. The number of furan rings is 1. The summed E-state index contributed by atoms with van der Waals surface area (Å²) in [6.07, 6.45) is 1.51. The SMILES string of the molecule is COc1ccc(C(=O)NCC(=O)N/N=C(/C)c2ccco2)cc1OC. The molecule has 0 saturated heterocycles. The monoisotopic (exact) mass is 345 g/mol. The summed E-state index contributed by atoms with van der Waals surface area (Å²) in [4.78, 5) is 23.9. The van der Waals surface area contributed by atoms with E-state index in [0.717, 1.165) is 0 Å². The highest BCUT2D eigenvalue weighted by Crippen LogP contribution is 2.27. The van der Waals surface area contributed by atoms with Crippen LogP contribution in [0.5, 0.6) is 11.5 Å². The van der Waals surface area contributed by atoms with Crippen LogP contribution in [0.2, 0.25) is 0 Å². The number of nitrogens with zero attached hydrogens (tertiary/aromatic N) is 1. The maximum Gasteiger partial charge on any atom is 0.259 e. The Morgan fingerprint density at radius 1 is 1.16 bits per heavy atom. The van der Waals surface area contributed by atoms with Gasteiger partial charge in [-0.05, 0) is 37.3 Å². The smallest absolute Gasteiger partial charge is 0.259 e. The molecule has 0 unspecified atom stereocenters. The number of hydrogen-bond acceptors (Lipinski definition) is 6. The number of amides is 2. The summed E-state index contributed by atoms with van der Waals surface area (Å²) >= 11 is 0. The lowest BCUT2D eigenvalue weighted by Crippen LogP contribution is -2.35. The zero-order valence-electron chi connectivity index (χ0n) is 14.2. The molecule has 8 heteroatoms. The van der Waals surface area contributed by atoms with Gasteiger partial charge in [0.25, 0.3) is 11.8 Å². The van der Waals surface area contributed by atoms with Crippen LogP contribution in [0.25, 0.3) is 0 Å². The van der Waals surface area contributed by atoms with Crippen LogP contribution in [0.1, 0.15) is 23.0 Å². The Balaban J connectivity index is 1.89. The first kappa shape index (κ1) is 18.1. The molecule has 8 nitrogen and oxygen atoms in total. The average Bonchev–Trinajstić information content (AvgIpc) is 3.18. The number of methoxy groups -OCH3 is 2. The largest absolute Gasteiger partial charge is 0.493 e. The van der Waals surface area contributed by atoms with Gasteiger partial charge < -0.3 is 19.2 Å². The van der Waals surface area contributed by atoms with Crippen molar-refractivity contribution in [2.24, 2.45) is 5.10 Å². The van der Waals surface area contributed by atoms with E-state index >= 15 is 0 Å². The van der Waals surface area contributed by atoms with Crippen LogP contribution in [0.15, 0.2) is 46.1 Å². The van der Waals surface area contributed by atoms with Gasteiger partial charge in [-0.25, -0.2) is 5.43 Å². The van der Waals surface area contributed by atoms with Gasteiger partial charge in [0, 0.05) is 5.56 Å². The molecule has 0 aliphatic rings. The second-order valence-corrected chi connectivity index (χ2v) is 4.96. The summed E-state index contributed by atoms with van der Waals surface area (Å²) < 4.78 is 15.4. The molecule has 0 radical (unpaired) electrons. The lowest BCUT2D eigenvalue weighted by molar-refractivity contribution is -0.120. The molecule has 0 saturated carbocycles. The van der Waals surface area contributed by atoms with Gasteiger partial charge in [-0.3, -0.25) is 9.59 Å². The van der Waals surface area contributed by atoms with Crippen molar-refractivity contribution in [2.75, 3.05) is 20.8 Å². The van der Waals surface area contributed by atoms with Crippen molar-refractivity contribution < 1.29 is 23.5 Å². The molecule has 0 spiro atoms. The van der Waals surface area contributed by atoms with E-state index < -0.39 is 11.8 Å². The Morgan fingerprint density at radius 2 is 1.92 bits per heavy atom. The van der Waals surface area contributed by atoms with Crippen LogP contribution < -0.4 is 20.2 Å². The van der Waals surface area contributed by atoms with Gasteiger partial charge >= 0.3 is 0 Å². The topological polar surface area (TPSA) is 102 Å². The van der Waals surface area contributed by atoms with Crippen LogP contribution in [0.3, 0.4) is 0 Å². The fourth-order valence-corrected chi connectivity index (χ4v) is 1.97. The van der Waals surface area contributed by atoms with Crippen molar-refractivity contribution in [1.82, 2.24) is 10.7 Å². The maximum atomic E-state index is 12.1. The molecule has 0 atom stereocenters. The number of carbonyl (C=O) groups is 2. The van der Waals surface area contributed by atoms with Crippen molar-refractivity contribution in [2.45, 2.75) is 6.92 Å². The van der Waals surface area contributed by atoms with E-state index in [-0.39, 0.29) is 6.54 Å². The first-order valence-corrected chi connectivity index (χ1v) is 7.42. The molecule has 1 heterocycles. The lowest BCUT2D eigenvalue weighted by Gasteiger charge is -2.09. The minimum absolute atomic E-state index is 0.220. The fraction of sp³-hybridized carbons (Fsp3) is 0.235. The van der Waals surface area contributed by atoms with Crippen molar-refractivity contribution in [1.29, 1.82) is 0 Å². The first-order valence-electron chi connectivity index (χ1n) is 7.42. The first-order chi connectivity index (χ1) is 12.0. The second-order valence-electron chi connectivity index (χ2n) is 4.96. The summed E-state index contributed by atoms with van der Waals surface area (Å²) in [6, 6.07) is 8.17. The quantitative estimate of drug-likeness (QED) is 0.586. The summed E-state index contributed by atoms with van der Waals surface area (Å²) in [6.45, 7) is 1.48. The normalized spacial score (nSPS) is 10.9. The molecule has 2 rings (SSSR count). The standard InChI is InChI=1S/C17H19N3O5/c1-11(13-5-4-8-25-13)19-20-16(21)10-18-17(22)12-6-7-14(23-2)15(9-12)24-3/h4-9H,10H2,1-3H3,(H,18,22)(H,20,21)/b19-11-. The van der Waals surface area contributed by atoms with Gasteiger partial charge in [-0.1, -0.05) is 0 Å². The van der Waals surface area contributed by atoms with E-state index in [2.05, 4.69) is 15.8 Å². The molecule has 2 N–H and O–H groups in total. The van der Waals surface area contributed by atoms with E-state index in [1.807, 2.05) is 0 Å². The van der Waals surface area contributed by atoms with Crippen LogP contribution in [-0.2, 0) is 4.79 Å². The number of hydrazone groups is 1. The molecular formula is C17H19N3O5. The Bertz CT molecular complexity index is 769. The Labute approximate surface area is 144 Å². The van der Waals surface area contributed by atoms with Gasteiger partial charge in [0.1, 0.15) is 11.5 Å². The van der Waals surface area contributed by atoms with Crippen molar-refractivity contribution in [3.8, 4) is 11.5 Å². The molecule has 1 aromatic heterocycles. The number of hydrogen-bond donors (Lipinski definition) is 2. The number of rotatable bonds is 7. The fourth-order valence-electron chi connectivity index (χ4n) is 1.97. The Kier molecular flexibility index (Phi) is 6.16. The zero-order chi connectivity index (χ0) is 18.2. The lowest BCUT2D eigenvalue weighted by atomic mass is 10.2.